The van der Waals surface area contributed by atoms with Gasteiger partial charge in [0, 0.05) is 30.1 Å². The fraction of sp³-hybridized carbons (Fsp3) is 0.250. The zero-order valence-electron chi connectivity index (χ0n) is 20.2. The lowest BCUT2D eigenvalue weighted by atomic mass is 9.87. The van der Waals surface area contributed by atoms with Crippen molar-refractivity contribution in [2.45, 2.75) is 26.3 Å². The van der Waals surface area contributed by atoms with E-state index in [9.17, 15) is 9.59 Å². The average molecular weight is 470 g/mol. The molecule has 0 radical (unpaired) electrons. The molecule has 2 aromatic heterocycles. The van der Waals surface area contributed by atoms with E-state index in [1.807, 2.05) is 44.2 Å². The second-order valence-electron chi connectivity index (χ2n) is 8.82. The van der Waals surface area contributed by atoms with E-state index in [2.05, 4.69) is 9.97 Å². The summed E-state index contributed by atoms with van der Waals surface area (Å²) in [5, 5.41) is 0.923. The van der Waals surface area contributed by atoms with E-state index in [-0.39, 0.29) is 11.5 Å². The number of aryl methyl sites for hydroxylation is 2. The van der Waals surface area contributed by atoms with Crippen molar-refractivity contribution in [1.82, 2.24) is 14.9 Å². The first kappa shape index (κ1) is 22.7. The van der Waals surface area contributed by atoms with Crippen LogP contribution in [0.1, 0.15) is 44.2 Å². The normalized spacial score (nSPS) is 15.1. The van der Waals surface area contributed by atoms with Crippen molar-refractivity contribution in [3.05, 3.63) is 98.6 Å². The molecule has 5 rings (SSSR count). The maximum Gasteiger partial charge on any atom is 0.254 e. The molecule has 1 atom stereocenters. The van der Waals surface area contributed by atoms with Crippen LogP contribution >= 0.6 is 0 Å². The summed E-state index contributed by atoms with van der Waals surface area (Å²) in [6, 6.07) is 12.6. The predicted octanol–water partition coefficient (Wildman–Crippen LogP) is 4.35. The minimum Gasteiger partial charge on any atom is -0.493 e. The molecule has 0 aliphatic carbocycles. The van der Waals surface area contributed by atoms with Gasteiger partial charge < -0.3 is 19.4 Å². The zero-order chi connectivity index (χ0) is 24.7. The number of H-pyrrole nitrogens is 1. The summed E-state index contributed by atoms with van der Waals surface area (Å²) in [7, 11) is 3.18. The molecule has 1 aliphatic rings. The Kier molecular flexibility index (Phi) is 5.76. The Bertz CT molecular complexity index is 1490. The molecule has 0 saturated heterocycles. The lowest BCUT2D eigenvalue weighted by Gasteiger charge is -2.38. The van der Waals surface area contributed by atoms with Crippen LogP contribution in [0.25, 0.3) is 10.9 Å². The summed E-state index contributed by atoms with van der Waals surface area (Å²) in [5.41, 5.74) is 5.65. The first-order valence-electron chi connectivity index (χ1n) is 11.5. The Morgan fingerprint density at radius 2 is 1.71 bits per heavy atom. The maximum absolute atomic E-state index is 13.7. The van der Waals surface area contributed by atoms with Gasteiger partial charge in [0.1, 0.15) is 0 Å². The summed E-state index contributed by atoms with van der Waals surface area (Å²) < 4.78 is 11.1. The van der Waals surface area contributed by atoms with Gasteiger partial charge in [0.05, 0.1) is 25.8 Å². The number of hydrogen-bond acceptors (Lipinski definition) is 5. The fourth-order valence-electron chi connectivity index (χ4n) is 4.91. The third-order valence-corrected chi connectivity index (χ3v) is 6.94. The number of aromatic nitrogens is 2. The number of nitrogens with one attached hydrogen (secondary N) is 1. The zero-order valence-corrected chi connectivity index (χ0v) is 20.2. The van der Waals surface area contributed by atoms with E-state index >= 15 is 0 Å². The van der Waals surface area contributed by atoms with Crippen molar-refractivity contribution in [1.29, 1.82) is 0 Å². The Hall–Kier alpha value is -4.13. The molecule has 1 unspecified atom stereocenters. The maximum atomic E-state index is 13.7. The molecule has 0 fully saturated rings. The van der Waals surface area contributed by atoms with E-state index in [1.54, 1.807) is 43.6 Å². The van der Waals surface area contributed by atoms with Crippen LogP contribution < -0.4 is 15.0 Å². The van der Waals surface area contributed by atoms with Crippen LogP contribution in [0.4, 0.5) is 0 Å². The molecule has 35 heavy (non-hydrogen) atoms. The number of fused-ring (bicyclic) bond motifs is 2. The van der Waals surface area contributed by atoms with Crippen LogP contribution in [0.2, 0.25) is 0 Å². The van der Waals surface area contributed by atoms with E-state index in [0.29, 0.717) is 35.6 Å². The van der Waals surface area contributed by atoms with Gasteiger partial charge in [0.15, 0.2) is 11.5 Å². The largest absolute Gasteiger partial charge is 0.493 e. The Morgan fingerprint density at radius 1 is 1.00 bits per heavy atom. The molecule has 2 aromatic carbocycles. The van der Waals surface area contributed by atoms with E-state index in [0.717, 1.165) is 33.2 Å². The van der Waals surface area contributed by atoms with Gasteiger partial charge in [-0.25, -0.2) is 0 Å². The van der Waals surface area contributed by atoms with Crippen molar-refractivity contribution in [2.24, 2.45) is 0 Å². The van der Waals surface area contributed by atoms with E-state index in [1.165, 1.54) is 0 Å². The monoisotopic (exact) mass is 469 g/mol. The van der Waals surface area contributed by atoms with Gasteiger partial charge in [-0.2, -0.15) is 0 Å². The molecule has 0 saturated carbocycles. The number of carbonyl (C=O) groups excluding carboxylic acids is 1. The highest BCUT2D eigenvalue weighted by molar-refractivity contribution is 5.95. The van der Waals surface area contributed by atoms with Crippen molar-refractivity contribution in [3.63, 3.8) is 0 Å². The number of ether oxygens (including phenoxy) is 2. The molecule has 1 amide bonds. The number of hydrogen-bond donors (Lipinski definition) is 1. The SMILES string of the molecule is COc1cc2c(cc1OC)C(c1cc3ccc(C)c(C)c3[nH]c1=O)N(C(=O)c1ccncc1)CC2. The lowest BCUT2D eigenvalue weighted by Crippen LogP contribution is -2.42. The number of pyridine rings is 2. The predicted molar refractivity (Wildman–Crippen MR) is 134 cm³/mol. The molecule has 0 spiro atoms. The second-order valence-corrected chi connectivity index (χ2v) is 8.82. The lowest BCUT2D eigenvalue weighted by molar-refractivity contribution is 0.0693. The smallest absolute Gasteiger partial charge is 0.254 e. The molecular formula is C28H27N3O4. The first-order valence-corrected chi connectivity index (χ1v) is 11.5. The van der Waals surface area contributed by atoms with Crippen LogP contribution in [-0.2, 0) is 6.42 Å². The molecule has 178 valence electrons. The molecule has 0 bridgehead atoms. The van der Waals surface area contributed by atoms with E-state index < -0.39 is 6.04 Å². The van der Waals surface area contributed by atoms with Crippen LogP contribution in [-0.4, -0.2) is 41.5 Å². The van der Waals surface area contributed by atoms with Gasteiger partial charge in [0.2, 0.25) is 0 Å². The minimum absolute atomic E-state index is 0.155. The van der Waals surface area contributed by atoms with Crippen molar-refractivity contribution in [2.75, 3.05) is 20.8 Å². The molecule has 3 heterocycles. The topological polar surface area (TPSA) is 84.5 Å². The van der Waals surface area contributed by atoms with Gasteiger partial charge in [-0.15, -0.1) is 0 Å². The Balaban J connectivity index is 1.75. The van der Waals surface area contributed by atoms with Gasteiger partial charge >= 0.3 is 0 Å². The molecule has 4 aromatic rings. The fourth-order valence-corrected chi connectivity index (χ4v) is 4.91. The van der Waals surface area contributed by atoms with Crippen molar-refractivity contribution in [3.8, 4) is 11.5 Å². The third-order valence-electron chi connectivity index (χ3n) is 6.94. The highest BCUT2D eigenvalue weighted by Crippen LogP contribution is 2.41. The number of carbonyl (C=O) groups is 1. The molecular weight excluding hydrogens is 442 g/mol. The van der Waals surface area contributed by atoms with E-state index in [4.69, 9.17) is 9.47 Å². The number of nitrogens with zero attached hydrogens (tertiary/aromatic N) is 2. The number of rotatable bonds is 4. The standard InChI is InChI=1S/C28H27N3O4/c1-16-5-6-20-13-22(27(32)30-25(20)17(16)2)26-21-15-24(35-4)23(34-3)14-19(21)9-12-31(26)28(33)18-7-10-29-11-8-18/h5-8,10-11,13-15,26H,9,12H2,1-4H3,(H,30,32). The summed E-state index contributed by atoms with van der Waals surface area (Å²) in [6.07, 6.45) is 3.83. The van der Waals surface area contributed by atoms with Crippen molar-refractivity contribution >= 4 is 16.8 Å². The van der Waals surface area contributed by atoms with Gasteiger partial charge in [-0.1, -0.05) is 12.1 Å². The Labute approximate surface area is 203 Å². The summed E-state index contributed by atoms with van der Waals surface area (Å²) in [6.45, 7) is 4.48. The number of amides is 1. The number of methoxy groups -OCH3 is 2. The number of aromatic amines is 1. The quantitative estimate of drug-likeness (QED) is 0.481. The first-order chi connectivity index (χ1) is 16.9. The minimum atomic E-state index is -0.589. The van der Waals surface area contributed by atoms with Crippen LogP contribution in [0.5, 0.6) is 11.5 Å². The van der Waals surface area contributed by atoms with Crippen LogP contribution in [0.3, 0.4) is 0 Å². The summed E-state index contributed by atoms with van der Waals surface area (Å²) in [4.78, 5) is 36.1. The highest BCUT2D eigenvalue weighted by Gasteiger charge is 2.35. The molecule has 1 N–H and O–H groups in total. The van der Waals surface area contributed by atoms with Crippen LogP contribution in [0.15, 0.2) is 59.7 Å². The summed E-state index contributed by atoms with van der Waals surface area (Å²) >= 11 is 0. The van der Waals surface area contributed by atoms with Gasteiger partial charge in [-0.3, -0.25) is 14.6 Å². The Morgan fingerprint density at radius 3 is 2.43 bits per heavy atom. The molecule has 1 aliphatic heterocycles. The molecule has 7 nitrogen and oxygen atoms in total. The van der Waals surface area contributed by atoms with Crippen molar-refractivity contribution < 1.29 is 14.3 Å². The van der Waals surface area contributed by atoms with Gasteiger partial charge in [0.25, 0.3) is 11.5 Å². The summed E-state index contributed by atoms with van der Waals surface area (Å²) in [5.74, 6) is 1.02. The van der Waals surface area contributed by atoms with Gasteiger partial charge in [-0.05, 0) is 78.2 Å². The van der Waals surface area contributed by atoms with Crippen LogP contribution in [0, 0.1) is 13.8 Å². The second kappa shape index (κ2) is 8.91. The average Bonchev–Trinajstić information content (AvgIpc) is 2.89. The highest BCUT2D eigenvalue weighted by atomic mass is 16.5. The number of benzene rings is 2. The third kappa shape index (κ3) is 3.83. The molecule has 7 heteroatoms.